The molecule has 1 aromatic carbocycles. The smallest absolute Gasteiger partial charge is 0.338 e. The predicted octanol–water partition coefficient (Wildman–Crippen LogP) is 1.12. The highest BCUT2D eigenvalue weighted by molar-refractivity contribution is 5.90. The van der Waals surface area contributed by atoms with Gasteiger partial charge in [0, 0.05) is 52.5 Å². The van der Waals surface area contributed by atoms with Gasteiger partial charge in [-0.05, 0) is 30.7 Å². The van der Waals surface area contributed by atoms with E-state index in [2.05, 4.69) is 10.2 Å². The standard InChI is InChI=1S/C16H25N3O2/c1-13-12-14(4-5-15(13)18(2)3)16(20)21-11-10-19-8-6-17-7-9-19/h4-5,12,17H,6-11H2,1-3H3. The van der Waals surface area contributed by atoms with Crippen LogP contribution in [0.5, 0.6) is 0 Å². The summed E-state index contributed by atoms with van der Waals surface area (Å²) >= 11 is 0. The van der Waals surface area contributed by atoms with Crippen LogP contribution in [0.2, 0.25) is 0 Å². The quantitative estimate of drug-likeness (QED) is 0.824. The van der Waals surface area contributed by atoms with Crippen LogP contribution in [-0.4, -0.2) is 64.3 Å². The Morgan fingerprint density at radius 1 is 1.33 bits per heavy atom. The van der Waals surface area contributed by atoms with Crippen molar-refractivity contribution in [2.45, 2.75) is 6.92 Å². The molecule has 1 aliphatic rings. The van der Waals surface area contributed by atoms with E-state index < -0.39 is 0 Å². The molecule has 1 saturated heterocycles. The number of piperazine rings is 1. The zero-order valence-electron chi connectivity index (χ0n) is 13.2. The first-order chi connectivity index (χ1) is 10.1. The summed E-state index contributed by atoms with van der Waals surface area (Å²) in [5.41, 5.74) is 2.82. The number of esters is 1. The van der Waals surface area contributed by atoms with Crippen LogP contribution in [0.15, 0.2) is 18.2 Å². The molecular weight excluding hydrogens is 266 g/mol. The van der Waals surface area contributed by atoms with E-state index in [0.29, 0.717) is 12.2 Å². The van der Waals surface area contributed by atoms with Gasteiger partial charge in [-0.2, -0.15) is 0 Å². The molecule has 0 bridgehead atoms. The predicted molar refractivity (Wildman–Crippen MR) is 85.1 cm³/mol. The van der Waals surface area contributed by atoms with E-state index in [9.17, 15) is 4.79 Å². The maximum atomic E-state index is 12.1. The monoisotopic (exact) mass is 291 g/mol. The number of carbonyl (C=O) groups is 1. The highest BCUT2D eigenvalue weighted by Crippen LogP contribution is 2.19. The summed E-state index contributed by atoms with van der Waals surface area (Å²) in [6.45, 7) is 7.34. The van der Waals surface area contributed by atoms with Crippen molar-refractivity contribution in [3.05, 3.63) is 29.3 Å². The molecule has 1 aliphatic heterocycles. The Bertz CT molecular complexity index is 482. The highest BCUT2D eigenvalue weighted by Gasteiger charge is 2.12. The van der Waals surface area contributed by atoms with E-state index in [1.54, 1.807) is 0 Å². The molecule has 2 rings (SSSR count). The summed E-state index contributed by atoms with van der Waals surface area (Å²) < 4.78 is 5.37. The molecule has 5 nitrogen and oxygen atoms in total. The van der Waals surface area contributed by atoms with Gasteiger partial charge in [0.15, 0.2) is 0 Å². The summed E-state index contributed by atoms with van der Waals surface area (Å²) in [5.74, 6) is -0.237. The molecule has 0 amide bonds. The van der Waals surface area contributed by atoms with Gasteiger partial charge in [0.05, 0.1) is 5.56 Å². The molecule has 0 aromatic heterocycles. The normalized spacial score (nSPS) is 15.8. The first-order valence-electron chi connectivity index (χ1n) is 7.46. The summed E-state index contributed by atoms with van der Waals surface area (Å²) in [6, 6.07) is 5.68. The van der Waals surface area contributed by atoms with Gasteiger partial charge in [-0.25, -0.2) is 4.79 Å². The first-order valence-corrected chi connectivity index (χ1v) is 7.46. The van der Waals surface area contributed by atoms with E-state index in [4.69, 9.17) is 4.74 Å². The number of nitrogens with one attached hydrogen (secondary N) is 1. The van der Waals surface area contributed by atoms with Crippen molar-refractivity contribution < 1.29 is 9.53 Å². The lowest BCUT2D eigenvalue weighted by atomic mass is 10.1. The molecule has 0 saturated carbocycles. The minimum absolute atomic E-state index is 0.237. The van der Waals surface area contributed by atoms with Crippen LogP contribution in [0.3, 0.4) is 0 Å². The van der Waals surface area contributed by atoms with E-state index in [1.165, 1.54) is 0 Å². The average Bonchev–Trinajstić information content (AvgIpc) is 2.47. The van der Waals surface area contributed by atoms with Gasteiger partial charge in [-0.15, -0.1) is 0 Å². The van der Waals surface area contributed by atoms with E-state index in [0.717, 1.165) is 44.0 Å². The van der Waals surface area contributed by atoms with Crippen molar-refractivity contribution in [1.29, 1.82) is 0 Å². The molecule has 1 fully saturated rings. The second kappa shape index (κ2) is 7.43. The summed E-state index contributed by atoms with van der Waals surface area (Å²) in [7, 11) is 3.99. The average molecular weight is 291 g/mol. The van der Waals surface area contributed by atoms with Gasteiger partial charge in [0.1, 0.15) is 6.61 Å². The minimum atomic E-state index is -0.237. The third-order valence-corrected chi connectivity index (χ3v) is 3.76. The molecule has 1 aromatic rings. The zero-order valence-corrected chi connectivity index (χ0v) is 13.2. The fourth-order valence-corrected chi connectivity index (χ4v) is 2.57. The van der Waals surface area contributed by atoms with Gasteiger partial charge in [-0.3, -0.25) is 4.90 Å². The molecule has 0 radical (unpaired) electrons. The summed E-state index contributed by atoms with van der Waals surface area (Å²) in [6.07, 6.45) is 0. The molecular formula is C16H25N3O2. The minimum Gasteiger partial charge on any atom is -0.461 e. The maximum Gasteiger partial charge on any atom is 0.338 e. The first kappa shape index (κ1) is 15.8. The van der Waals surface area contributed by atoms with Crippen LogP contribution in [-0.2, 0) is 4.74 Å². The lowest BCUT2D eigenvalue weighted by Gasteiger charge is -2.26. The fraction of sp³-hybridized carbons (Fsp3) is 0.562. The largest absolute Gasteiger partial charge is 0.461 e. The van der Waals surface area contributed by atoms with Gasteiger partial charge < -0.3 is 15.0 Å². The second-order valence-corrected chi connectivity index (χ2v) is 5.62. The Labute approximate surface area is 126 Å². The molecule has 1 heterocycles. The lowest BCUT2D eigenvalue weighted by molar-refractivity contribution is 0.0456. The number of hydrogen-bond donors (Lipinski definition) is 1. The summed E-state index contributed by atoms with van der Waals surface area (Å²) in [5, 5.41) is 3.31. The molecule has 5 heteroatoms. The van der Waals surface area contributed by atoms with Gasteiger partial charge in [0.2, 0.25) is 0 Å². The number of nitrogens with zero attached hydrogens (tertiary/aromatic N) is 2. The third kappa shape index (κ3) is 4.44. The number of benzene rings is 1. The van der Waals surface area contributed by atoms with Crippen LogP contribution in [0.4, 0.5) is 5.69 Å². The van der Waals surface area contributed by atoms with Crippen LogP contribution < -0.4 is 10.2 Å². The molecule has 0 atom stereocenters. The number of hydrogen-bond acceptors (Lipinski definition) is 5. The van der Waals surface area contributed by atoms with Crippen molar-refractivity contribution in [3.8, 4) is 0 Å². The lowest BCUT2D eigenvalue weighted by Crippen LogP contribution is -2.44. The molecule has 0 spiro atoms. The van der Waals surface area contributed by atoms with Crippen molar-refractivity contribution >= 4 is 11.7 Å². The van der Waals surface area contributed by atoms with Crippen molar-refractivity contribution in [3.63, 3.8) is 0 Å². The number of rotatable bonds is 5. The Hall–Kier alpha value is -1.59. The van der Waals surface area contributed by atoms with Crippen molar-refractivity contribution in [2.24, 2.45) is 0 Å². The molecule has 0 aliphatic carbocycles. The number of anilines is 1. The Morgan fingerprint density at radius 2 is 2.05 bits per heavy atom. The fourth-order valence-electron chi connectivity index (χ4n) is 2.57. The molecule has 21 heavy (non-hydrogen) atoms. The van der Waals surface area contributed by atoms with Gasteiger partial charge in [-0.1, -0.05) is 0 Å². The van der Waals surface area contributed by atoms with Crippen LogP contribution in [0.1, 0.15) is 15.9 Å². The highest BCUT2D eigenvalue weighted by atomic mass is 16.5. The van der Waals surface area contributed by atoms with Crippen LogP contribution >= 0.6 is 0 Å². The van der Waals surface area contributed by atoms with Gasteiger partial charge in [0.25, 0.3) is 0 Å². The van der Waals surface area contributed by atoms with E-state index >= 15 is 0 Å². The Balaban J connectivity index is 1.84. The SMILES string of the molecule is Cc1cc(C(=O)OCCN2CCNCC2)ccc1N(C)C. The van der Waals surface area contributed by atoms with E-state index in [1.807, 2.05) is 44.1 Å². The Morgan fingerprint density at radius 3 is 2.67 bits per heavy atom. The van der Waals surface area contributed by atoms with E-state index in [-0.39, 0.29) is 5.97 Å². The van der Waals surface area contributed by atoms with Crippen molar-refractivity contribution in [1.82, 2.24) is 10.2 Å². The van der Waals surface area contributed by atoms with Crippen LogP contribution in [0, 0.1) is 6.92 Å². The van der Waals surface area contributed by atoms with Crippen molar-refractivity contribution in [2.75, 3.05) is 58.3 Å². The number of aryl methyl sites for hydroxylation is 1. The molecule has 1 N–H and O–H groups in total. The maximum absolute atomic E-state index is 12.1. The molecule has 116 valence electrons. The Kier molecular flexibility index (Phi) is 5.59. The molecule has 0 unspecified atom stereocenters. The number of ether oxygens (including phenoxy) is 1. The van der Waals surface area contributed by atoms with Gasteiger partial charge >= 0.3 is 5.97 Å². The second-order valence-electron chi connectivity index (χ2n) is 5.62. The third-order valence-electron chi connectivity index (χ3n) is 3.76. The number of carbonyl (C=O) groups excluding carboxylic acids is 1. The summed E-state index contributed by atoms with van der Waals surface area (Å²) in [4.78, 5) is 16.4. The zero-order chi connectivity index (χ0) is 15.2. The van der Waals surface area contributed by atoms with Crippen LogP contribution in [0.25, 0.3) is 0 Å². The topological polar surface area (TPSA) is 44.8 Å².